The van der Waals surface area contributed by atoms with Crippen LogP contribution in [0.3, 0.4) is 0 Å². The van der Waals surface area contributed by atoms with E-state index in [-0.39, 0.29) is 0 Å². The van der Waals surface area contributed by atoms with Gasteiger partial charge in [0.15, 0.2) is 0 Å². The van der Waals surface area contributed by atoms with Crippen LogP contribution in [-0.2, 0) is 23.0 Å². The van der Waals surface area contributed by atoms with Gasteiger partial charge in [0.05, 0.1) is 11.7 Å². The first-order valence-corrected chi connectivity index (χ1v) is 10.1. The Bertz CT molecular complexity index is 851. The van der Waals surface area contributed by atoms with Crippen molar-refractivity contribution in [3.05, 3.63) is 47.3 Å². The van der Waals surface area contributed by atoms with E-state index in [0.29, 0.717) is 29.7 Å². The van der Waals surface area contributed by atoms with Crippen molar-refractivity contribution in [2.24, 2.45) is 0 Å². The minimum absolute atomic E-state index is 0.356. The van der Waals surface area contributed by atoms with Gasteiger partial charge in [0, 0.05) is 19.3 Å². The number of sulfonamides is 1. The molecule has 2 aromatic rings. The van der Waals surface area contributed by atoms with Crippen molar-refractivity contribution in [1.82, 2.24) is 14.1 Å². The molecule has 4 rings (SSSR count). The summed E-state index contributed by atoms with van der Waals surface area (Å²) in [7, 11) is -3.49. The van der Waals surface area contributed by atoms with Gasteiger partial charge in [-0.2, -0.15) is 9.40 Å². The number of benzene rings is 1. The third kappa shape index (κ3) is 2.67. The predicted molar refractivity (Wildman–Crippen MR) is 92.2 cm³/mol. The molecule has 0 spiro atoms. The van der Waals surface area contributed by atoms with Crippen LogP contribution in [0.1, 0.15) is 48.5 Å². The quantitative estimate of drug-likeness (QED) is 0.859. The molecule has 0 N–H and O–H groups in total. The van der Waals surface area contributed by atoms with Crippen LogP contribution in [0.2, 0.25) is 0 Å². The fourth-order valence-corrected chi connectivity index (χ4v) is 5.46. The van der Waals surface area contributed by atoms with Crippen LogP contribution in [0.5, 0.6) is 0 Å². The molecule has 2 heterocycles. The highest BCUT2D eigenvalue weighted by Gasteiger charge is 2.32. The first-order chi connectivity index (χ1) is 11.6. The van der Waals surface area contributed by atoms with Gasteiger partial charge in [0.25, 0.3) is 0 Å². The molecular weight excluding hydrogens is 322 g/mol. The van der Waals surface area contributed by atoms with E-state index in [2.05, 4.69) is 11.2 Å². The maximum Gasteiger partial charge on any atom is 0.246 e. The Balaban J connectivity index is 1.64. The van der Waals surface area contributed by atoms with Gasteiger partial charge in [-0.1, -0.05) is 37.1 Å². The minimum Gasteiger partial charge on any atom is -0.268 e. The fourth-order valence-electron chi connectivity index (χ4n) is 3.89. The normalized spacial score (nSPS) is 19.5. The molecule has 1 aliphatic heterocycles. The molecule has 0 saturated heterocycles. The summed E-state index contributed by atoms with van der Waals surface area (Å²) in [4.78, 5) is 0.369. The Morgan fingerprint density at radius 1 is 1.12 bits per heavy atom. The number of nitrogens with zero attached hydrogens (tertiary/aromatic N) is 3. The van der Waals surface area contributed by atoms with Crippen molar-refractivity contribution in [3.8, 4) is 0 Å². The van der Waals surface area contributed by atoms with Gasteiger partial charge in [-0.25, -0.2) is 8.42 Å². The zero-order chi connectivity index (χ0) is 16.7. The third-order valence-corrected chi connectivity index (χ3v) is 7.23. The van der Waals surface area contributed by atoms with E-state index < -0.39 is 10.0 Å². The van der Waals surface area contributed by atoms with Gasteiger partial charge in [-0.3, -0.25) is 4.68 Å². The highest BCUT2D eigenvalue weighted by molar-refractivity contribution is 7.89. The van der Waals surface area contributed by atoms with Crippen molar-refractivity contribution in [2.45, 2.75) is 56.5 Å². The van der Waals surface area contributed by atoms with Crippen LogP contribution in [0, 0.1) is 6.92 Å². The molecule has 1 saturated carbocycles. The highest BCUT2D eigenvalue weighted by Crippen LogP contribution is 2.32. The van der Waals surface area contributed by atoms with E-state index in [9.17, 15) is 8.42 Å². The van der Waals surface area contributed by atoms with Crippen LogP contribution in [0.25, 0.3) is 0 Å². The van der Waals surface area contributed by atoms with Crippen LogP contribution in [0.4, 0.5) is 0 Å². The van der Waals surface area contributed by atoms with E-state index in [1.54, 1.807) is 17.4 Å². The first-order valence-electron chi connectivity index (χ1n) is 8.68. The number of aryl methyl sites for hydroxylation is 1. The summed E-state index contributed by atoms with van der Waals surface area (Å²) in [5.74, 6) is 0. The third-order valence-electron chi connectivity index (χ3n) is 5.28. The van der Waals surface area contributed by atoms with Gasteiger partial charge in [0.2, 0.25) is 10.0 Å². The Kier molecular flexibility index (Phi) is 3.96. The van der Waals surface area contributed by atoms with Crippen LogP contribution >= 0.6 is 0 Å². The summed E-state index contributed by atoms with van der Waals surface area (Å²) >= 11 is 0. The number of fused-ring (bicyclic) bond motifs is 1. The summed E-state index contributed by atoms with van der Waals surface area (Å²) in [6.45, 7) is 2.79. The lowest BCUT2D eigenvalue weighted by Gasteiger charge is -2.27. The molecule has 24 heavy (non-hydrogen) atoms. The van der Waals surface area contributed by atoms with Crippen LogP contribution < -0.4 is 0 Å². The Morgan fingerprint density at radius 2 is 1.83 bits per heavy atom. The molecular formula is C18H23N3O2S. The summed E-state index contributed by atoms with van der Waals surface area (Å²) in [5.41, 5.74) is 2.97. The van der Waals surface area contributed by atoms with E-state index in [4.69, 9.17) is 0 Å². The van der Waals surface area contributed by atoms with Crippen LogP contribution in [-0.4, -0.2) is 29.0 Å². The number of hydrogen-bond donors (Lipinski definition) is 0. The van der Waals surface area contributed by atoms with Gasteiger partial charge < -0.3 is 0 Å². The molecule has 1 fully saturated rings. The molecule has 0 bridgehead atoms. The zero-order valence-corrected chi connectivity index (χ0v) is 14.8. The lowest BCUT2D eigenvalue weighted by molar-refractivity contribution is 0.391. The summed E-state index contributed by atoms with van der Waals surface area (Å²) < 4.78 is 29.7. The Hall–Kier alpha value is -1.66. The smallest absolute Gasteiger partial charge is 0.246 e. The molecule has 1 aromatic carbocycles. The maximum absolute atomic E-state index is 13.1. The summed E-state index contributed by atoms with van der Waals surface area (Å²) in [6.07, 6.45) is 7.12. The monoisotopic (exact) mass is 345 g/mol. The summed E-state index contributed by atoms with van der Waals surface area (Å²) in [6, 6.07) is 8.45. The van der Waals surface area contributed by atoms with Crippen molar-refractivity contribution in [1.29, 1.82) is 0 Å². The van der Waals surface area contributed by atoms with E-state index in [1.807, 2.05) is 22.9 Å². The average molecular weight is 345 g/mol. The second-order valence-electron chi connectivity index (χ2n) is 6.85. The Labute approximate surface area is 143 Å². The molecule has 0 amide bonds. The zero-order valence-electron chi connectivity index (χ0n) is 14.0. The van der Waals surface area contributed by atoms with Gasteiger partial charge in [0.1, 0.15) is 4.90 Å². The Morgan fingerprint density at radius 3 is 2.58 bits per heavy atom. The average Bonchev–Trinajstić information content (AvgIpc) is 3.24. The highest BCUT2D eigenvalue weighted by atomic mass is 32.2. The van der Waals surface area contributed by atoms with Crippen molar-refractivity contribution in [2.75, 3.05) is 6.54 Å². The molecule has 0 atom stereocenters. The van der Waals surface area contributed by atoms with E-state index >= 15 is 0 Å². The predicted octanol–water partition coefficient (Wildman–Crippen LogP) is 3.05. The number of rotatable bonds is 3. The summed E-state index contributed by atoms with van der Waals surface area (Å²) in [5, 5.41) is 4.51. The van der Waals surface area contributed by atoms with Crippen molar-refractivity contribution < 1.29 is 8.42 Å². The molecule has 2 aliphatic rings. The number of hydrogen-bond acceptors (Lipinski definition) is 3. The van der Waals surface area contributed by atoms with E-state index in [0.717, 1.165) is 24.8 Å². The first kappa shape index (κ1) is 15.8. The SMILES string of the molecule is Cc1nn(C2CCCC2)cc1S(=O)(=O)N1CCc2ccccc2C1. The molecule has 6 heteroatoms. The second kappa shape index (κ2) is 6.01. The molecule has 1 aliphatic carbocycles. The molecule has 0 unspecified atom stereocenters. The maximum atomic E-state index is 13.1. The second-order valence-corrected chi connectivity index (χ2v) is 8.76. The largest absolute Gasteiger partial charge is 0.268 e. The fraction of sp³-hybridized carbons (Fsp3) is 0.500. The molecule has 0 radical (unpaired) electrons. The topological polar surface area (TPSA) is 55.2 Å². The standard InChI is InChI=1S/C18H23N3O2S/c1-14-18(13-21(19-14)17-8-4-5-9-17)24(22,23)20-11-10-15-6-2-3-7-16(15)12-20/h2-3,6-7,13,17H,4-5,8-12H2,1H3. The molecule has 128 valence electrons. The van der Waals surface area contributed by atoms with Gasteiger partial charge in [-0.05, 0) is 37.3 Å². The van der Waals surface area contributed by atoms with E-state index in [1.165, 1.54) is 18.4 Å². The van der Waals surface area contributed by atoms with Crippen LogP contribution in [0.15, 0.2) is 35.4 Å². The lowest BCUT2D eigenvalue weighted by Crippen LogP contribution is -2.36. The van der Waals surface area contributed by atoms with Gasteiger partial charge >= 0.3 is 0 Å². The minimum atomic E-state index is -3.49. The lowest BCUT2D eigenvalue weighted by atomic mass is 10.0. The molecule has 5 nitrogen and oxygen atoms in total. The molecule has 1 aromatic heterocycles. The number of aromatic nitrogens is 2. The van der Waals surface area contributed by atoms with Crippen molar-refractivity contribution >= 4 is 10.0 Å². The van der Waals surface area contributed by atoms with Gasteiger partial charge in [-0.15, -0.1) is 0 Å². The van der Waals surface area contributed by atoms with Crippen molar-refractivity contribution in [3.63, 3.8) is 0 Å².